The quantitative estimate of drug-likeness (QED) is 0.832. The Morgan fingerprint density at radius 1 is 1.47 bits per heavy atom. The topological polar surface area (TPSA) is 46.5 Å². The van der Waals surface area contributed by atoms with Gasteiger partial charge in [0, 0.05) is 6.07 Å². The first-order chi connectivity index (χ1) is 8.86. The third kappa shape index (κ3) is 2.44. The SMILES string of the molecule is COC(=O)c1cc([C@H]2CCCC2(C)C)c(O)cc1F. The number of carbonyl (C=O) groups excluding carboxylic acids is 1. The zero-order valence-electron chi connectivity index (χ0n) is 11.5. The lowest BCUT2D eigenvalue weighted by Crippen LogP contribution is -2.16. The molecule has 0 aromatic heterocycles. The number of benzene rings is 1. The molecule has 0 saturated heterocycles. The molecular formula is C15H19FO3. The number of rotatable bonds is 2. The van der Waals surface area contributed by atoms with Gasteiger partial charge in [0.1, 0.15) is 11.6 Å². The fourth-order valence-electron chi connectivity index (χ4n) is 3.03. The summed E-state index contributed by atoms with van der Waals surface area (Å²) in [7, 11) is 1.22. The maximum absolute atomic E-state index is 13.7. The normalized spacial score (nSPS) is 21.4. The predicted octanol–water partition coefficient (Wildman–Crippen LogP) is 3.61. The van der Waals surface area contributed by atoms with Crippen LogP contribution >= 0.6 is 0 Å². The Balaban J connectivity index is 2.49. The molecule has 1 aromatic rings. The zero-order valence-corrected chi connectivity index (χ0v) is 11.5. The van der Waals surface area contributed by atoms with E-state index in [-0.39, 0.29) is 22.6 Å². The highest BCUT2D eigenvalue weighted by Gasteiger charge is 2.37. The Hall–Kier alpha value is -1.58. The van der Waals surface area contributed by atoms with E-state index in [2.05, 4.69) is 18.6 Å². The van der Waals surface area contributed by atoms with Crippen LogP contribution in [0.5, 0.6) is 5.75 Å². The molecule has 0 amide bonds. The monoisotopic (exact) mass is 266 g/mol. The molecule has 1 aliphatic rings. The smallest absolute Gasteiger partial charge is 0.340 e. The molecule has 0 radical (unpaired) electrons. The summed E-state index contributed by atoms with van der Waals surface area (Å²) in [6, 6.07) is 2.45. The van der Waals surface area contributed by atoms with Gasteiger partial charge in [-0.2, -0.15) is 0 Å². The van der Waals surface area contributed by atoms with E-state index in [1.807, 2.05) is 0 Å². The third-order valence-corrected chi connectivity index (χ3v) is 4.15. The minimum Gasteiger partial charge on any atom is -0.508 e. The van der Waals surface area contributed by atoms with E-state index in [0.717, 1.165) is 25.3 Å². The molecule has 104 valence electrons. The van der Waals surface area contributed by atoms with Crippen LogP contribution in [0.2, 0.25) is 0 Å². The highest BCUT2D eigenvalue weighted by Crippen LogP contribution is 2.51. The second-order valence-electron chi connectivity index (χ2n) is 5.82. The number of hydrogen-bond donors (Lipinski definition) is 1. The van der Waals surface area contributed by atoms with Crippen LogP contribution in [-0.2, 0) is 4.74 Å². The average molecular weight is 266 g/mol. The first kappa shape index (κ1) is 13.8. The Morgan fingerprint density at radius 3 is 2.68 bits per heavy atom. The number of carbonyl (C=O) groups is 1. The second-order valence-corrected chi connectivity index (χ2v) is 5.82. The number of methoxy groups -OCH3 is 1. The molecule has 1 atom stereocenters. The van der Waals surface area contributed by atoms with Crippen LogP contribution < -0.4 is 0 Å². The molecule has 3 nitrogen and oxygen atoms in total. The number of esters is 1. The van der Waals surface area contributed by atoms with Crippen LogP contribution in [0, 0.1) is 11.2 Å². The first-order valence-corrected chi connectivity index (χ1v) is 6.47. The zero-order chi connectivity index (χ0) is 14.2. The highest BCUT2D eigenvalue weighted by atomic mass is 19.1. The number of phenols is 1. The van der Waals surface area contributed by atoms with E-state index < -0.39 is 11.8 Å². The summed E-state index contributed by atoms with van der Waals surface area (Å²) in [5, 5.41) is 9.97. The van der Waals surface area contributed by atoms with Crippen molar-refractivity contribution in [3.05, 3.63) is 29.1 Å². The van der Waals surface area contributed by atoms with Crippen LogP contribution in [-0.4, -0.2) is 18.2 Å². The number of phenolic OH excluding ortho intramolecular Hbond substituents is 1. The lowest BCUT2D eigenvalue weighted by Gasteiger charge is -2.28. The summed E-state index contributed by atoms with van der Waals surface area (Å²) >= 11 is 0. The van der Waals surface area contributed by atoms with Gasteiger partial charge in [0.25, 0.3) is 0 Å². The average Bonchev–Trinajstić information content (AvgIpc) is 2.68. The van der Waals surface area contributed by atoms with E-state index in [4.69, 9.17) is 0 Å². The van der Waals surface area contributed by atoms with Crippen LogP contribution in [0.3, 0.4) is 0 Å². The molecule has 4 heteroatoms. The van der Waals surface area contributed by atoms with E-state index in [0.29, 0.717) is 5.56 Å². The molecule has 1 fully saturated rings. The minimum atomic E-state index is -0.746. The van der Waals surface area contributed by atoms with Crippen LogP contribution in [0.1, 0.15) is 54.9 Å². The van der Waals surface area contributed by atoms with Gasteiger partial charge in [-0.1, -0.05) is 20.3 Å². The standard InChI is InChI=1S/C15H19FO3/c1-15(2)6-4-5-11(15)9-7-10(14(18)19-3)12(16)8-13(9)17/h7-8,11,17H,4-6H2,1-3H3/t11-/m1/s1. The third-order valence-electron chi connectivity index (χ3n) is 4.15. The fourth-order valence-corrected chi connectivity index (χ4v) is 3.03. The maximum Gasteiger partial charge on any atom is 0.340 e. The minimum absolute atomic E-state index is 0.0443. The summed E-state index contributed by atoms with van der Waals surface area (Å²) in [5.74, 6) is -1.40. The van der Waals surface area contributed by atoms with Crippen molar-refractivity contribution in [2.24, 2.45) is 5.41 Å². The Labute approximate surface area is 112 Å². The molecule has 1 aromatic carbocycles. The molecule has 19 heavy (non-hydrogen) atoms. The summed E-state index contributed by atoms with van der Waals surface area (Å²) in [6.07, 6.45) is 3.07. The van der Waals surface area contributed by atoms with Crippen LogP contribution in [0.25, 0.3) is 0 Å². The molecule has 0 aliphatic heterocycles. The van der Waals surface area contributed by atoms with E-state index in [1.54, 1.807) is 0 Å². The number of aromatic hydroxyl groups is 1. The summed E-state index contributed by atoms with van der Waals surface area (Å²) < 4.78 is 18.3. The van der Waals surface area contributed by atoms with Gasteiger partial charge in [-0.15, -0.1) is 0 Å². The molecule has 2 rings (SSSR count). The molecule has 0 unspecified atom stereocenters. The summed E-state index contributed by atoms with van der Waals surface area (Å²) in [6.45, 7) is 4.26. The molecule has 0 bridgehead atoms. The van der Waals surface area contributed by atoms with Crippen LogP contribution in [0.4, 0.5) is 4.39 Å². The number of ether oxygens (including phenoxy) is 1. The van der Waals surface area contributed by atoms with Gasteiger partial charge < -0.3 is 9.84 Å². The van der Waals surface area contributed by atoms with Crippen molar-refractivity contribution in [2.75, 3.05) is 7.11 Å². The Kier molecular flexibility index (Phi) is 3.52. The van der Waals surface area contributed by atoms with E-state index >= 15 is 0 Å². The van der Waals surface area contributed by atoms with Crippen molar-refractivity contribution >= 4 is 5.97 Å². The number of hydrogen-bond acceptors (Lipinski definition) is 3. The lowest BCUT2D eigenvalue weighted by molar-refractivity contribution is 0.0595. The van der Waals surface area contributed by atoms with Gasteiger partial charge in [-0.3, -0.25) is 0 Å². The molecule has 0 spiro atoms. The van der Waals surface area contributed by atoms with Crippen molar-refractivity contribution in [1.82, 2.24) is 0 Å². The van der Waals surface area contributed by atoms with Gasteiger partial charge in [0.2, 0.25) is 0 Å². The van der Waals surface area contributed by atoms with Gasteiger partial charge in [0.15, 0.2) is 0 Å². The van der Waals surface area contributed by atoms with Crippen molar-refractivity contribution < 1.29 is 19.0 Å². The van der Waals surface area contributed by atoms with Crippen molar-refractivity contribution in [1.29, 1.82) is 0 Å². The molecule has 1 N–H and O–H groups in total. The van der Waals surface area contributed by atoms with Gasteiger partial charge >= 0.3 is 5.97 Å². The summed E-state index contributed by atoms with van der Waals surface area (Å²) in [5.41, 5.74) is 0.574. The molecule has 1 saturated carbocycles. The Bertz CT molecular complexity index is 508. The molecule has 0 heterocycles. The maximum atomic E-state index is 13.7. The molecule has 1 aliphatic carbocycles. The van der Waals surface area contributed by atoms with Gasteiger partial charge in [0.05, 0.1) is 12.7 Å². The fraction of sp³-hybridized carbons (Fsp3) is 0.533. The predicted molar refractivity (Wildman–Crippen MR) is 69.8 cm³/mol. The van der Waals surface area contributed by atoms with Crippen molar-refractivity contribution in [3.8, 4) is 5.75 Å². The second kappa shape index (κ2) is 4.83. The van der Waals surface area contributed by atoms with Gasteiger partial charge in [-0.25, -0.2) is 9.18 Å². The highest BCUT2D eigenvalue weighted by molar-refractivity contribution is 5.90. The Morgan fingerprint density at radius 2 is 2.16 bits per heavy atom. The molecular weight excluding hydrogens is 247 g/mol. The number of halogens is 1. The van der Waals surface area contributed by atoms with E-state index in [9.17, 15) is 14.3 Å². The van der Waals surface area contributed by atoms with Crippen molar-refractivity contribution in [2.45, 2.75) is 39.0 Å². The first-order valence-electron chi connectivity index (χ1n) is 6.47. The van der Waals surface area contributed by atoms with Gasteiger partial charge in [-0.05, 0) is 35.8 Å². The van der Waals surface area contributed by atoms with Crippen molar-refractivity contribution in [3.63, 3.8) is 0 Å². The van der Waals surface area contributed by atoms with E-state index in [1.165, 1.54) is 13.2 Å². The largest absolute Gasteiger partial charge is 0.508 e. The summed E-state index contributed by atoms with van der Waals surface area (Å²) in [4.78, 5) is 11.5. The van der Waals surface area contributed by atoms with Crippen LogP contribution in [0.15, 0.2) is 12.1 Å². The lowest BCUT2D eigenvalue weighted by atomic mass is 9.77.